The highest BCUT2D eigenvalue weighted by atomic mass is 127. The van der Waals surface area contributed by atoms with Crippen LogP contribution in [0.4, 0.5) is 0 Å². The molecule has 3 aromatic rings. The van der Waals surface area contributed by atoms with Gasteiger partial charge in [0.05, 0.1) is 4.90 Å². The number of hydrogen-bond donors (Lipinski definition) is 0. The zero-order chi connectivity index (χ0) is 18.9. The normalized spacial score (nSPS) is 12.0. The Morgan fingerprint density at radius 2 is 2.00 bits per heavy atom. The van der Waals surface area contributed by atoms with E-state index in [4.69, 9.17) is 0 Å². The second kappa shape index (κ2) is 7.50. The van der Waals surface area contributed by atoms with E-state index in [1.165, 1.54) is 3.97 Å². The van der Waals surface area contributed by atoms with Crippen LogP contribution in [0.25, 0.3) is 11.0 Å². The first kappa shape index (κ1) is 19.1. The van der Waals surface area contributed by atoms with Crippen molar-refractivity contribution in [1.82, 2.24) is 13.9 Å². The zero-order valence-electron chi connectivity index (χ0n) is 14.7. The average Bonchev–Trinajstić information content (AvgIpc) is 2.93. The molecule has 0 saturated heterocycles. The van der Waals surface area contributed by atoms with E-state index < -0.39 is 10.0 Å². The summed E-state index contributed by atoms with van der Waals surface area (Å²) in [6.07, 6.45) is 5.21. The van der Waals surface area contributed by atoms with E-state index in [1.807, 2.05) is 26.1 Å². The minimum atomic E-state index is -3.68. The van der Waals surface area contributed by atoms with Gasteiger partial charge in [-0.25, -0.2) is 17.4 Å². The summed E-state index contributed by atoms with van der Waals surface area (Å²) in [4.78, 5) is 6.82. The van der Waals surface area contributed by atoms with E-state index in [9.17, 15) is 8.42 Å². The Balaban J connectivity index is 2.05. The third kappa shape index (κ3) is 3.70. The molecule has 26 heavy (non-hydrogen) atoms. The summed E-state index contributed by atoms with van der Waals surface area (Å²) in [5.41, 5.74) is 2.50. The van der Waals surface area contributed by atoms with Crippen LogP contribution in [0.3, 0.4) is 0 Å². The Hall–Kier alpha value is -1.71. The molecule has 0 bridgehead atoms. The number of fused-ring (bicyclic) bond motifs is 1. The molecule has 0 atom stereocenters. The van der Waals surface area contributed by atoms with Crippen molar-refractivity contribution in [2.24, 2.45) is 0 Å². The molecule has 0 spiro atoms. The lowest BCUT2D eigenvalue weighted by molar-refractivity contribution is 0.363. The molecule has 0 amide bonds. The molecule has 0 N–H and O–H groups in total. The third-order valence-electron chi connectivity index (χ3n) is 4.09. The second-order valence-electron chi connectivity index (χ2n) is 6.29. The van der Waals surface area contributed by atoms with Gasteiger partial charge in [0.1, 0.15) is 0 Å². The molecule has 1 aromatic carbocycles. The summed E-state index contributed by atoms with van der Waals surface area (Å²) in [5.74, 6) is 0. The molecule has 5 nitrogen and oxygen atoms in total. The molecule has 0 fully saturated rings. The average molecular weight is 481 g/mol. The molecule has 0 aliphatic heterocycles. The molecule has 0 aliphatic rings. The summed E-state index contributed by atoms with van der Waals surface area (Å²) in [5, 5.41) is 0.839. The summed E-state index contributed by atoms with van der Waals surface area (Å²) in [6, 6.07) is 8.85. The molecule has 3 rings (SSSR count). The number of aryl methyl sites for hydroxylation is 1. The van der Waals surface area contributed by atoms with Crippen LogP contribution in [0, 0.1) is 10.5 Å². The number of pyridine rings is 1. The number of nitrogens with zero attached hydrogens (tertiary/aromatic N) is 3. The first-order valence-corrected chi connectivity index (χ1v) is 10.6. The lowest BCUT2D eigenvalue weighted by Crippen LogP contribution is -2.17. The Bertz CT molecular complexity index is 1060. The highest BCUT2D eigenvalue weighted by Crippen LogP contribution is 2.27. The SMILES string of the molecule is C=CCN(C)Cc1cnc2c(c1)c(I)cn2S(=O)(=O)c1ccc(C)cc1. The summed E-state index contributed by atoms with van der Waals surface area (Å²) in [7, 11) is -1.68. The van der Waals surface area contributed by atoms with Gasteiger partial charge >= 0.3 is 0 Å². The fourth-order valence-corrected chi connectivity index (χ4v) is 4.96. The minimum absolute atomic E-state index is 0.257. The highest BCUT2D eigenvalue weighted by molar-refractivity contribution is 14.1. The van der Waals surface area contributed by atoms with Crippen molar-refractivity contribution < 1.29 is 8.42 Å². The highest BCUT2D eigenvalue weighted by Gasteiger charge is 2.21. The van der Waals surface area contributed by atoms with Crippen LogP contribution in [0.5, 0.6) is 0 Å². The number of benzene rings is 1. The van der Waals surface area contributed by atoms with Crippen molar-refractivity contribution in [1.29, 1.82) is 0 Å². The summed E-state index contributed by atoms with van der Waals surface area (Å²) < 4.78 is 28.2. The van der Waals surface area contributed by atoms with Gasteiger partial charge in [-0.15, -0.1) is 6.58 Å². The van der Waals surface area contributed by atoms with Crippen molar-refractivity contribution in [3.8, 4) is 0 Å². The molecule has 136 valence electrons. The van der Waals surface area contributed by atoms with Crippen molar-refractivity contribution in [3.63, 3.8) is 0 Å². The monoisotopic (exact) mass is 481 g/mol. The molecule has 0 saturated carbocycles. The number of halogens is 1. The van der Waals surface area contributed by atoms with Crippen LogP contribution in [0.1, 0.15) is 11.1 Å². The van der Waals surface area contributed by atoms with Gasteiger partial charge in [0.25, 0.3) is 10.0 Å². The van der Waals surface area contributed by atoms with E-state index in [1.54, 1.807) is 36.7 Å². The van der Waals surface area contributed by atoms with Gasteiger partial charge in [0, 0.05) is 34.4 Å². The fraction of sp³-hybridized carbons (Fsp3) is 0.211. The molecule has 0 aliphatic carbocycles. The quantitative estimate of drug-likeness (QED) is 0.397. The van der Waals surface area contributed by atoms with Gasteiger partial charge in [-0.1, -0.05) is 23.8 Å². The van der Waals surface area contributed by atoms with Gasteiger partial charge in [0.2, 0.25) is 0 Å². The molecule has 0 radical (unpaired) electrons. The maximum absolute atomic E-state index is 13.0. The van der Waals surface area contributed by atoms with Crippen molar-refractivity contribution in [2.75, 3.05) is 13.6 Å². The van der Waals surface area contributed by atoms with Crippen molar-refractivity contribution >= 4 is 43.6 Å². The van der Waals surface area contributed by atoms with E-state index >= 15 is 0 Å². The topological polar surface area (TPSA) is 55.2 Å². The van der Waals surface area contributed by atoms with E-state index in [2.05, 4.69) is 39.1 Å². The van der Waals surface area contributed by atoms with Gasteiger partial charge in [-0.05, 0) is 60.3 Å². The predicted octanol–water partition coefficient (Wildman–Crippen LogP) is 3.80. The van der Waals surface area contributed by atoms with E-state index in [-0.39, 0.29) is 4.90 Å². The number of likely N-dealkylation sites (N-methyl/N-ethyl adjacent to an activating group) is 1. The van der Waals surface area contributed by atoms with E-state index in [0.717, 1.165) is 33.2 Å². The van der Waals surface area contributed by atoms with Crippen LogP contribution < -0.4 is 0 Å². The predicted molar refractivity (Wildman–Crippen MR) is 113 cm³/mol. The first-order chi connectivity index (χ1) is 12.3. The Morgan fingerprint density at radius 1 is 1.31 bits per heavy atom. The van der Waals surface area contributed by atoms with Gasteiger partial charge in [-0.3, -0.25) is 4.90 Å². The van der Waals surface area contributed by atoms with Crippen molar-refractivity contribution in [2.45, 2.75) is 18.4 Å². The van der Waals surface area contributed by atoms with Crippen LogP contribution in [-0.2, 0) is 16.6 Å². The molecular formula is C19H20IN3O2S. The zero-order valence-corrected chi connectivity index (χ0v) is 17.7. The fourth-order valence-electron chi connectivity index (χ4n) is 2.78. The molecule has 2 heterocycles. The number of aromatic nitrogens is 2. The second-order valence-corrected chi connectivity index (χ2v) is 9.27. The van der Waals surface area contributed by atoms with Crippen LogP contribution in [0.2, 0.25) is 0 Å². The van der Waals surface area contributed by atoms with Crippen LogP contribution in [0.15, 0.2) is 60.3 Å². The van der Waals surface area contributed by atoms with Crippen LogP contribution >= 0.6 is 22.6 Å². The molecule has 0 unspecified atom stereocenters. The lowest BCUT2D eigenvalue weighted by atomic mass is 10.2. The minimum Gasteiger partial charge on any atom is -0.298 e. The standard InChI is InChI=1S/C19H20IN3O2S/c1-4-9-22(3)12-15-10-17-18(20)13-23(19(17)21-11-15)26(24,25)16-7-5-14(2)6-8-16/h4-8,10-11,13H,1,9,12H2,2-3H3. The third-order valence-corrected chi connectivity index (χ3v) is 6.61. The van der Waals surface area contributed by atoms with Gasteiger partial charge < -0.3 is 0 Å². The Labute approximate surface area is 167 Å². The first-order valence-electron chi connectivity index (χ1n) is 8.10. The maximum atomic E-state index is 13.0. The molecular weight excluding hydrogens is 461 g/mol. The number of hydrogen-bond acceptors (Lipinski definition) is 4. The van der Waals surface area contributed by atoms with Crippen LogP contribution in [-0.4, -0.2) is 35.9 Å². The van der Waals surface area contributed by atoms with E-state index in [0.29, 0.717) is 5.65 Å². The molecule has 7 heteroatoms. The van der Waals surface area contributed by atoms with Gasteiger partial charge in [-0.2, -0.15) is 0 Å². The van der Waals surface area contributed by atoms with Gasteiger partial charge in [0.15, 0.2) is 5.65 Å². The van der Waals surface area contributed by atoms with Crippen molar-refractivity contribution in [3.05, 3.63) is 70.1 Å². The lowest BCUT2D eigenvalue weighted by Gasteiger charge is -2.14. The summed E-state index contributed by atoms with van der Waals surface area (Å²) in [6.45, 7) is 7.17. The summed E-state index contributed by atoms with van der Waals surface area (Å²) >= 11 is 2.16. The Morgan fingerprint density at radius 3 is 2.65 bits per heavy atom. The number of rotatable bonds is 6. The largest absolute Gasteiger partial charge is 0.298 e. The Kier molecular flexibility index (Phi) is 5.50. The maximum Gasteiger partial charge on any atom is 0.269 e. The smallest absolute Gasteiger partial charge is 0.269 e. The molecule has 2 aromatic heterocycles.